The third-order valence-corrected chi connectivity index (χ3v) is 6.49. The molecule has 3 heterocycles. The number of para-hydroxylation sites is 3. The van der Waals surface area contributed by atoms with Crippen LogP contribution < -0.4 is 9.80 Å². The van der Waals surface area contributed by atoms with E-state index in [1.165, 1.54) is 25.7 Å². The summed E-state index contributed by atoms with van der Waals surface area (Å²) < 4.78 is 0. The summed E-state index contributed by atoms with van der Waals surface area (Å²) >= 11 is 0. The molecule has 3 aromatic rings. The number of hydrogen-bond acceptors (Lipinski definition) is 6. The van der Waals surface area contributed by atoms with Crippen molar-refractivity contribution in [3.8, 4) is 5.75 Å². The van der Waals surface area contributed by atoms with E-state index in [9.17, 15) is 5.11 Å². The van der Waals surface area contributed by atoms with Gasteiger partial charge >= 0.3 is 0 Å². The van der Waals surface area contributed by atoms with Crippen LogP contribution in [-0.2, 0) is 6.54 Å². The van der Waals surface area contributed by atoms with E-state index in [4.69, 9.17) is 9.97 Å². The van der Waals surface area contributed by atoms with Crippen molar-refractivity contribution in [3.05, 3.63) is 54.4 Å². The monoisotopic (exact) mass is 417 g/mol. The van der Waals surface area contributed by atoms with Gasteiger partial charge in [-0.1, -0.05) is 37.1 Å². The van der Waals surface area contributed by atoms with Gasteiger partial charge in [0.15, 0.2) is 0 Å². The van der Waals surface area contributed by atoms with Gasteiger partial charge in [-0.05, 0) is 37.1 Å². The average Bonchev–Trinajstić information content (AvgIpc) is 3.09. The minimum Gasteiger partial charge on any atom is -0.506 e. The topological polar surface area (TPSA) is 55.7 Å². The van der Waals surface area contributed by atoms with Gasteiger partial charge in [0.05, 0.1) is 17.7 Å². The van der Waals surface area contributed by atoms with Gasteiger partial charge in [-0.25, -0.2) is 9.97 Å². The molecule has 2 fully saturated rings. The van der Waals surface area contributed by atoms with E-state index in [-0.39, 0.29) is 0 Å². The number of aromatic nitrogens is 2. The molecule has 2 saturated heterocycles. The summed E-state index contributed by atoms with van der Waals surface area (Å²) in [5, 5.41) is 11.3. The van der Waals surface area contributed by atoms with Crippen molar-refractivity contribution >= 4 is 22.4 Å². The lowest BCUT2D eigenvalue weighted by Crippen LogP contribution is -2.46. The van der Waals surface area contributed by atoms with Gasteiger partial charge in [0, 0.05) is 44.7 Å². The van der Waals surface area contributed by atoms with Gasteiger partial charge in [-0.15, -0.1) is 0 Å². The molecule has 0 unspecified atom stereocenters. The minimum absolute atomic E-state index is 0.357. The zero-order chi connectivity index (χ0) is 21.0. The molecule has 162 valence electrons. The first kappa shape index (κ1) is 20.1. The van der Waals surface area contributed by atoms with Crippen LogP contribution in [-0.4, -0.2) is 59.2 Å². The molecular formula is C25H31N5O. The lowest BCUT2D eigenvalue weighted by Gasteiger charge is -2.36. The van der Waals surface area contributed by atoms with Crippen molar-refractivity contribution in [2.45, 2.75) is 32.2 Å². The Balaban J connectivity index is 1.33. The summed E-state index contributed by atoms with van der Waals surface area (Å²) in [5.74, 6) is 2.38. The number of benzene rings is 2. The van der Waals surface area contributed by atoms with Crippen LogP contribution in [0, 0.1) is 0 Å². The predicted molar refractivity (Wildman–Crippen MR) is 126 cm³/mol. The van der Waals surface area contributed by atoms with Crippen LogP contribution >= 0.6 is 0 Å². The van der Waals surface area contributed by atoms with Crippen LogP contribution in [0.3, 0.4) is 0 Å². The molecule has 0 aliphatic carbocycles. The molecular weight excluding hydrogens is 386 g/mol. The summed E-state index contributed by atoms with van der Waals surface area (Å²) in [5.41, 5.74) is 1.96. The van der Waals surface area contributed by atoms with E-state index in [1.807, 2.05) is 18.2 Å². The Labute approximate surface area is 184 Å². The SMILES string of the molecule is Oc1ccccc1N1CCN(Cc2nc(N3CCCCCC3)c3ccccc3n2)CC1. The van der Waals surface area contributed by atoms with Crippen LogP contribution in [0.4, 0.5) is 11.5 Å². The van der Waals surface area contributed by atoms with E-state index in [1.54, 1.807) is 6.07 Å². The van der Waals surface area contributed by atoms with E-state index in [0.717, 1.165) is 74.0 Å². The molecule has 31 heavy (non-hydrogen) atoms. The fourth-order valence-electron chi connectivity index (χ4n) is 4.78. The number of nitrogens with zero attached hydrogens (tertiary/aromatic N) is 5. The second-order valence-electron chi connectivity index (χ2n) is 8.63. The zero-order valence-electron chi connectivity index (χ0n) is 18.1. The Bertz CT molecular complexity index is 1020. The fraction of sp³-hybridized carbons (Fsp3) is 0.440. The molecule has 0 amide bonds. The first-order chi connectivity index (χ1) is 15.3. The van der Waals surface area contributed by atoms with Crippen molar-refractivity contribution in [1.82, 2.24) is 14.9 Å². The van der Waals surface area contributed by atoms with E-state index < -0.39 is 0 Å². The van der Waals surface area contributed by atoms with Gasteiger partial charge in [0.25, 0.3) is 0 Å². The van der Waals surface area contributed by atoms with Crippen LogP contribution in [0.5, 0.6) is 5.75 Å². The third kappa shape index (κ3) is 4.44. The maximum Gasteiger partial charge on any atom is 0.145 e. The number of hydrogen-bond donors (Lipinski definition) is 1. The number of phenols is 1. The molecule has 1 aromatic heterocycles. The molecule has 0 radical (unpaired) electrons. The van der Waals surface area contributed by atoms with E-state index >= 15 is 0 Å². The maximum absolute atomic E-state index is 10.2. The molecule has 0 spiro atoms. The largest absolute Gasteiger partial charge is 0.506 e. The second-order valence-corrected chi connectivity index (χ2v) is 8.63. The molecule has 5 rings (SSSR count). The standard InChI is InChI=1S/C25H31N5O/c31-23-12-6-5-11-22(23)29-17-15-28(16-18-29)19-24-26-21-10-4-3-9-20(21)25(27-24)30-13-7-1-2-8-14-30/h3-6,9-12,31H,1-2,7-8,13-19H2. The summed E-state index contributed by atoms with van der Waals surface area (Å²) in [7, 11) is 0. The number of aromatic hydroxyl groups is 1. The van der Waals surface area contributed by atoms with Crippen molar-refractivity contribution in [2.75, 3.05) is 49.1 Å². The molecule has 6 heteroatoms. The van der Waals surface area contributed by atoms with Gasteiger partial charge in [-0.2, -0.15) is 0 Å². The Morgan fingerprint density at radius 3 is 2.19 bits per heavy atom. The summed E-state index contributed by atoms with van der Waals surface area (Å²) in [6.45, 7) is 6.58. The summed E-state index contributed by atoms with van der Waals surface area (Å²) in [4.78, 5) is 17.1. The van der Waals surface area contributed by atoms with E-state index in [2.05, 4.69) is 39.0 Å². The molecule has 2 aliphatic heterocycles. The third-order valence-electron chi connectivity index (χ3n) is 6.49. The average molecular weight is 418 g/mol. The molecule has 6 nitrogen and oxygen atoms in total. The number of anilines is 2. The number of fused-ring (bicyclic) bond motifs is 1. The predicted octanol–water partition coefficient (Wildman–Crippen LogP) is 4.04. The van der Waals surface area contributed by atoms with Crippen LogP contribution in [0.15, 0.2) is 48.5 Å². The van der Waals surface area contributed by atoms with Crippen LogP contribution in [0.2, 0.25) is 0 Å². The van der Waals surface area contributed by atoms with Gasteiger partial charge < -0.3 is 14.9 Å². The molecule has 0 saturated carbocycles. The second kappa shape index (κ2) is 9.10. The highest BCUT2D eigenvalue weighted by Crippen LogP contribution is 2.29. The Kier molecular flexibility index (Phi) is 5.89. The highest BCUT2D eigenvalue weighted by atomic mass is 16.3. The summed E-state index contributed by atoms with van der Waals surface area (Å²) in [6.07, 6.45) is 5.10. The van der Waals surface area contributed by atoms with E-state index in [0.29, 0.717) is 5.75 Å². The minimum atomic E-state index is 0.357. The normalized spacial score (nSPS) is 18.3. The van der Waals surface area contributed by atoms with Crippen LogP contribution in [0.1, 0.15) is 31.5 Å². The lowest BCUT2D eigenvalue weighted by molar-refractivity contribution is 0.244. The number of piperazine rings is 1. The number of rotatable bonds is 4. The first-order valence-corrected chi connectivity index (χ1v) is 11.5. The van der Waals surface area contributed by atoms with Crippen molar-refractivity contribution in [2.24, 2.45) is 0 Å². The number of phenolic OH excluding ortho intramolecular Hbond substituents is 1. The van der Waals surface area contributed by atoms with Gasteiger partial charge in [0.1, 0.15) is 17.4 Å². The molecule has 2 aromatic carbocycles. The highest BCUT2D eigenvalue weighted by Gasteiger charge is 2.21. The van der Waals surface area contributed by atoms with Crippen molar-refractivity contribution in [3.63, 3.8) is 0 Å². The molecule has 0 atom stereocenters. The first-order valence-electron chi connectivity index (χ1n) is 11.5. The molecule has 1 N–H and O–H groups in total. The highest BCUT2D eigenvalue weighted by molar-refractivity contribution is 5.89. The van der Waals surface area contributed by atoms with Crippen molar-refractivity contribution in [1.29, 1.82) is 0 Å². The smallest absolute Gasteiger partial charge is 0.145 e. The fourth-order valence-corrected chi connectivity index (χ4v) is 4.78. The zero-order valence-corrected chi connectivity index (χ0v) is 18.1. The Hall–Kier alpha value is -2.86. The Morgan fingerprint density at radius 2 is 1.42 bits per heavy atom. The quantitative estimate of drug-likeness (QED) is 0.692. The lowest BCUT2D eigenvalue weighted by atomic mass is 10.2. The maximum atomic E-state index is 10.2. The van der Waals surface area contributed by atoms with Gasteiger partial charge in [0.2, 0.25) is 0 Å². The Morgan fingerprint density at radius 1 is 0.710 bits per heavy atom. The molecule has 2 aliphatic rings. The van der Waals surface area contributed by atoms with Gasteiger partial charge in [-0.3, -0.25) is 4.90 Å². The van der Waals surface area contributed by atoms with Crippen molar-refractivity contribution < 1.29 is 5.11 Å². The molecule has 0 bridgehead atoms. The van der Waals surface area contributed by atoms with Crippen LogP contribution in [0.25, 0.3) is 10.9 Å². The summed E-state index contributed by atoms with van der Waals surface area (Å²) in [6, 6.07) is 16.0.